The van der Waals surface area contributed by atoms with Gasteiger partial charge >= 0.3 is 0 Å². The molecule has 1 saturated carbocycles. The maximum Gasteiger partial charge on any atom is 0.242 e. The van der Waals surface area contributed by atoms with Crippen molar-refractivity contribution in [3.63, 3.8) is 0 Å². The van der Waals surface area contributed by atoms with Crippen LogP contribution in [0.25, 0.3) is 0 Å². The fourth-order valence-electron chi connectivity index (χ4n) is 9.74. The van der Waals surface area contributed by atoms with E-state index >= 15 is 4.79 Å². The minimum atomic E-state index is -0.699. The Morgan fingerprint density at radius 1 is 0.482 bits per heavy atom. The average molecular weight is 1180 g/mol. The van der Waals surface area contributed by atoms with E-state index in [1.54, 1.807) is 12.4 Å². The highest BCUT2D eigenvalue weighted by Crippen LogP contribution is 2.28. The van der Waals surface area contributed by atoms with Crippen LogP contribution in [0.15, 0.2) is 85.2 Å². The highest BCUT2D eigenvalue weighted by Gasteiger charge is 2.37. The standard InChI is InChI=1S/C62H96N14O9/c1-47(2)36-73(39-54(66)77)59(82)42-72(33-17-14-28-65)58(81)45-75(38-53(50-18-8-6-9-19-50)51-20-10-7-11-21-51)60(83)43-71(32-16-13-27-64)56(79)41-70(31-15-12-26-63)57(80)44-74(37-48(3)4)61(84)46-76(52-22-23-52)62(85)40-69(5)55(78)35-68-34-49-24-29-67-30-25-49/h6-11,18-21,24-25,29-30,47-48,52-53,68H,12-17,22-23,26-28,31-46,63-65H2,1-5H3,(H2,66,77). The number of amides is 9. The van der Waals surface area contributed by atoms with E-state index in [-0.39, 0.29) is 95.8 Å². The van der Waals surface area contributed by atoms with Crippen LogP contribution >= 0.6 is 0 Å². The molecule has 0 aliphatic heterocycles. The molecule has 0 radical (unpaired) electrons. The Hall–Kier alpha value is -7.34. The lowest BCUT2D eigenvalue weighted by atomic mass is 9.90. The lowest BCUT2D eigenvalue weighted by Crippen LogP contribution is -2.53. The minimum Gasteiger partial charge on any atom is -0.368 e. The number of primary amides is 1. The smallest absolute Gasteiger partial charge is 0.242 e. The number of carbonyl (C=O) groups is 9. The van der Waals surface area contributed by atoms with Crippen molar-refractivity contribution in [1.29, 1.82) is 0 Å². The van der Waals surface area contributed by atoms with Crippen molar-refractivity contribution in [2.24, 2.45) is 34.8 Å². The zero-order valence-electron chi connectivity index (χ0n) is 51.0. The number of nitrogens with two attached hydrogens (primary N) is 4. The highest BCUT2D eigenvalue weighted by molar-refractivity contribution is 5.94. The molecule has 0 bridgehead atoms. The van der Waals surface area contributed by atoms with Gasteiger partial charge in [-0.1, -0.05) is 88.4 Å². The van der Waals surface area contributed by atoms with Gasteiger partial charge in [-0.2, -0.15) is 0 Å². The molecule has 0 saturated heterocycles. The molecule has 2 aromatic carbocycles. The maximum absolute atomic E-state index is 15.2. The molecule has 9 amide bonds. The molecule has 85 heavy (non-hydrogen) atoms. The van der Waals surface area contributed by atoms with Gasteiger partial charge in [0, 0.05) is 77.2 Å². The van der Waals surface area contributed by atoms with Gasteiger partial charge in [0.05, 0.1) is 52.4 Å². The number of pyridine rings is 1. The van der Waals surface area contributed by atoms with Crippen molar-refractivity contribution in [2.75, 3.05) is 125 Å². The van der Waals surface area contributed by atoms with E-state index in [9.17, 15) is 38.4 Å². The second-order valence-electron chi connectivity index (χ2n) is 22.8. The van der Waals surface area contributed by atoms with E-state index in [0.717, 1.165) is 16.7 Å². The number of hydrogen-bond donors (Lipinski definition) is 5. The zero-order chi connectivity index (χ0) is 62.3. The molecule has 0 spiro atoms. The molecule has 1 aromatic heterocycles. The van der Waals surface area contributed by atoms with Gasteiger partial charge in [-0.05, 0) is 112 Å². The number of nitrogens with zero attached hydrogens (tertiary/aromatic N) is 9. The summed E-state index contributed by atoms with van der Waals surface area (Å²) in [6.07, 6.45) is 7.62. The van der Waals surface area contributed by atoms with Crippen molar-refractivity contribution in [1.82, 2.24) is 49.5 Å². The van der Waals surface area contributed by atoms with E-state index in [4.69, 9.17) is 22.9 Å². The molecule has 1 heterocycles. The second-order valence-corrected chi connectivity index (χ2v) is 22.8. The van der Waals surface area contributed by atoms with E-state index in [1.807, 2.05) is 100 Å². The maximum atomic E-state index is 15.2. The first-order valence-corrected chi connectivity index (χ1v) is 30.0. The fraction of sp³-hybridized carbons (Fsp3) is 0.581. The first kappa shape index (κ1) is 70.1. The van der Waals surface area contributed by atoms with Crippen molar-refractivity contribution in [3.8, 4) is 0 Å². The number of hydrogen-bond acceptors (Lipinski definition) is 14. The summed E-state index contributed by atoms with van der Waals surface area (Å²) < 4.78 is 0. The molecule has 3 aromatic rings. The SMILES string of the molecule is CC(C)CN(CC(N)=O)C(=O)CN(CCCCN)C(=O)CN(CC(c1ccccc1)c1ccccc1)C(=O)CN(CCCCN)C(=O)CN(CCCCN)C(=O)CN(CC(C)C)C(=O)CN(C(=O)CN(C)C(=O)CNCc1ccncc1)C1CC1. The van der Waals surface area contributed by atoms with E-state index in [2.05, 4.69) is 10.3 Å². The molecule has 23 heteroatoms. The number of likely N-dealkylation sites (N-methyl/N-ethyl adjacent to an activating group) is 1. The normalized spacial score (nSPS) is 12.0. The summed E-state index contributed by atoms with van der Waals surface area (Å²) in [7, 11) is 1.54. The van der Waals surface area contributed by atoms with Crippen LogP contribution in [0.2, 0.25) is 0 Å². The van der Waals surface area contributed by atoms with Crippen molar-refractivity contribution >= 4 is 53.2 Å². The number of unbranched alkanes of at least 4 members (excludes halogenated alkanes) is 3. The summed E-state index contributed by atoms with van der Waals surface area (Å²) in [6, 6.07) is 22.6. The quantitative estimate of drug-likeness (QED) is 0.0503. The molecule has 1 fully saturated rings. The van der Waals surface area contributed by atoms with Gasteiger partial charge in [0.15, 0.2) is 0 Å². The first-order chi connectivity index (χ1) is 40.7. The Bertz CT molecular complexity index is 2520. The molecule has 0 atom stereocenters. The van der Waals surface area contributed by atoms with Crippen LogP contribution in [0, 0.1) is 11.8 Å². The van der Waals surface area contributed by atoms with Gasteiger partial charge in [0.2, 0.25) is 53.2 Å². The molecule has 9 N–H and O–H groups in total. The van der Waals surface area contributed by atoms with Crippen LogP contribution in [0.1, 0.15) is 102 Å². The van der Waals surface area contributed by atoms with E-state index < -0.39 is 79.4 Å². The Morgan fingerprint density at radius 2 is 0.871 bits per heavy atom. The topological polar surface area (TPSA) is 309 Å². The highest BCUT2D eigenvalue weighted by atomic mass is 16.2. The van der Waals surface area contributed by atoms with Gasteiger partial charge in [-0.3, -0.25) is 48.1 Å². The summed E-state index contributed by atoms with van der Waals surface area (Å²) in [5.74, 6) is -5.03. The Kier molecular flexibility index (Phi) is 31.2. The molecule has 0 unspecified atom stereocenters. The van der Waals surface area contributed by atoms with Crippen molar-refractivity contribution in [2.45, 2.75) is 97.6 Å². The van der Waals surface area contributed by atoms with Crippen molar-refractivity contribution in [3.05, 3.63) is 102 Å². The lowest BCUT2D eigenvalue weighted by molar-refractivity contribution is -0.149. The predicted octanol–water partition coefficient (Wildman–Crippen LogP) is 1.44. The van der Waals surface area contributed by atoms with Gasteiger partial charge in [0.1, 0.15) is 6.54 Å². The predicted molar refractivity (Wildman–Crippen MR) is 326 cm³/mol. The molecule has 23 nitrogen and oxygen atoms in total. The van der Waals surface area contributed by atoms with Crippen LogP contribution in [0.3, 0.4) is 0 Å². The van der Waals surface area contributed by atoms with Gasteiger partial charge in [-0.25, -0.2) is 0 Å². The van der Waals surface area contributed by atoms with Gasteiger partial charge < -0.3 is 67.5 Å². The summed E-state index contributed by atoms with van der Waals surface area (Å²) in [5, 5.41) is 3.09. The number of benzene rings is 2. The van der Waals surface area contributed by atoms with Crippen LogP contribution in [0.5, 0.6) is 0 Å². The molecular weight excluding hydrogens is 1080 g/mol. The van der Waals surface area contributed by atoms with E-state index in [0.29, 0.717) is 77.5 Å². The first-order valence-electron chi connectivity index (χ1n) is 30.0. The lowest BCUT2D eigenvalue weighted by Gasteiger charge is -2.34. The second kappa shape index (κ2) is 37.9. The third-order valence-corrected chi connectivity index (χ3v) is 14.5. The van der Waals surface area contributed by atoms with Crippen LogP contribution < -0.4 is 28.3 Å². The van der Waals surface area contributed by atoms with Crippen molar-refractivity contribution < 1.29 is 43.2 Å². The number of nitrogens with one attached hydrogen (secondary N) is 1. The Labute approximate surface area is 503 Å². The van der Waals surface area contributed by atoms with Gasteiger partial charge in [-0.15, -0.1) is 0 Å². The summed E-state index contributed by atoms with van der Waals surface area (Å²) in [6.45, 7) is 6.70. The van der Waals surface area contributed by atoms with Crippen LogP contribution in [-0.4, -0.2) is 228 Å². The Balaban J connectivity index is 1.62. The van der Waals surface area contributed by atoms with Gasteiger partial charge in [0.25, 0.3) is 0 Å². The molecule has 1 aliphatic carbocycles. The van der Waals surface area contributed by atoms with E-state index in [1.165, 1.54) is 46.2 Å². The van der Waals surface area contributed by atoms with Crippen LogP contribution in [0.4, 0.5) is 0 Å². The summed E-state index contributed by atoms with van der Waals surface area (Å²) in [4.78, 5) is 142. The number of carbonyl (C=O) groups excluding carboxylic acids is 9. The third-order valence-electron chi connectivity index (χ3n) is 14.5. The number of aromatic nitrogens is 1. The Morgan fingerprint density at radius 3 is 1.27 bits per heavy atom. The minimum absolute atomic E-state index is 0.00222. The third kappa shape index (κ3) is 25.8. The molecule has 4 rings (SSSR count). The molecule has 1 aliphatic rings. The average Bonchev–Trinajstić information content (AvgIpc) is 4.39. The zero-order valence-corrected chi connectivity index (χ0v) is 51.0. The monoisotopic (exact) mass is 1180 g/mol. The summed E-state index contributed by atoms with van der Waals surface area (Å²) in [5.41, 5.74) is 26.0. The molecular formula is C62H96N14O9. The van der Waals surface area contributed by atoms with Crippen LogP contribution in [-0.2, 0) is 49.7 Å². The molecule has 468 valence electrons. The summed E-state index contributed by atoms with van der Waals surface area (Å²) >= 11 is 0. The number of rotatable bonds is 41. The largest absolute Gasteiger partial charge is 0.368 e. The fourth-order valence-corrected chi connectivity index (χ4v) is 9.74.